The summed E-state index contributed by atoms with van der Waals surface area (Å²) in [5, 5.41) is 11.6. The maximum atomic E-state index is 12.3. The largest absolute Gasteiger partial charge is 0.466 e. The van der Waals surface area contributed by atoms with Crippen molar-refractivity contribution < 1.29 is 19.1 Å². The van der Waals surface area contributed by atoms with E-state index in [0.717, 1.165) is 74.7 Å². The van der Waals surface area contributed by atoms with Crippen molar-refractivity contribution >= 4 is 97.8 Å². The van der Waals surface area contributed by atoms with Gasteiger partial charge in [0.05, 0.1) is 44.0 Å². The van der Waals surface area contributed by atoms with Gasteiger partial charge in [-0.25, -0.2) is 9.98 Å². The molecule has 352 valence electrons. The number of nitrogens with one attached hydrogen (secondary N) is 2. The lowest BCUT2D eigenvalue weighted by atomic mass is 9.96. The van der Waals surface area contributed by atoms with E-state index in [-0.39, 0.29) is 23.5 Å². The third kappa shape index (κ3) is 25.7. The first-order valence-corrected chi connectivity index (χ1v) is 24.4. The summed E-state index contributed by atoms with van der Waals surface area (Å²) in [5.74, 6) is 0.877. The lowest BCUT2D eigenvalue weighted by Gasteiger charge is -2.15. The Bertz CT molecular complexity index is 1870. The van der Waals surface area contributed by atoms with E-state index in [1.54, 1.807) is 36.5 Å². The Morgan fingerprint density at radius 1 is 0.857 bits per heavy atom. The van der Waals surface area contributed by atoms with Crippen LogP contribution in [0.5, 0.6) is 0 Å². The number of carbonyl (C=O) groups excluding carboxylic acids is 3. The van der Waals surface area contributed by atoms with E-state index in [2.05, 4.69) is 84.8 Å². The maximum Gasteiger partial charge on any atom is 0.307 e. The Balaban J connectivity index is 0.000000514. The van der Waals surface area contributed by atoms with Crippen molar-refractivity contribution in [2.45, 2.75) is 99.0 Å². The number of anilines is 1. The van der Waals surface area contributed by atoms with Crippen LogP contribution in [0.2, 0.25) is 20.1 Å². The number of Topliss-reactive ketones (excluding diaryl/α,β-unsaturated/α-hetero) is 2. The van der Waals surface area contributed by atoms with Crippen LogP contribution in [0, 0.1) is 17.8 Å². The number of benzene rings is 2. The Hall–Kier alpha value is -2.48. The number of aromatic nitrogens is 1. The van der Waals surface area contributed by atoms with Crippen LogP contribution in [-0.2, 0) is 20.7 Å². The van der Waals surface area contributed by atoms with Gasteiger partial charge in [0.2, 0.25) is 0 Å². The molecule has 0 saturated heterocycles. The van der Waals surface area contributed by atoms with Crippen LogP contribution in [0.15, 0.2) is 41.4 Å². The molecular formula is C47H70Cl4N6O4S2. The van der Waals surface area contributed by atoms with Crippen LogP contribution in [-0.4, -0.2) is 111 Å². The summed E-state index contributed by atoms with van der Waals surface area (Å²) in [5.41, 5.74) is 2.40. The number of hydrogen-bond donors (Lipinski definition) is 2. The average Bonchev–Trinajstić information content (AvgIpc) is 3.60. The molecule has 0 aliphatic heterocycles. The minimum atomic E-state index is -0.500. The van der Waals surface area contributed by atoms with Crippen LogP contribution in [0.25, 0.3) is 11.3 Å². The lowest BCUT2D eigenvalue weighted by Crippen LogP contribution is -2.21. The van der Waals surface area contributed by atoms with Crippen molar-refractivity contribution in [3.63, 3.8) is 0 Å². The van der Waals surface area contributed by atoms with E-state index in [0.29, 0.717) is 63.5 Å². The summed E-state index contributed by atoms with van der Waals surface area (Å²) in [6.07, 6.45) is 7.45. The molecule has 2 N–H and O–H groups in total. The second kappa shape index (κ2) is 33.1. The number of carbonyl (C=O) groups is 3. The molecule has 0 aliphatic rings. The molecule has 1 aromatic heterocycles. The standard InChI is InChI=1S/C23H33Cl2N3OS.C13H13Cl2NOS.C11H24N2O2/c1-15(2)12-21-22(17-9-10-19(24)20(25)13-17)27-23(30-21)26-14-18(16(3)29)8-6-7-11-28(4)5;1-8(2)5-12(16-7-18)13(17)9-3-4-10(14)11(15)6-9;1-4-15-11(14)7-9-12-8-5-6-10-13(2)3/h9-10,13,15,18H,6-8,11-12,14H2,1-5H3,(H,26,27);3-4,6,8,12H,5H2,1-2H3;12H,4-10H2,1-3H3. The van der Waals surface area contributed by atoms with Gasteiger partial charge < -0.3 is 25.2 Å². The number of rotatable bonds is 26. The Labute approximate surface area is 407 Å². The smallest absolute Gasteiger partial charge is 0.307 e. The molecule has 2 atom stereocenters. The second-order valence-corrected chi connectivity index (χ2v) is 19.6. The van der Waals surface area contributed by atoms with Crippen molar-refractivity contribution in [2.75, 3.05) is 72.8 Å². The van der Waals surface area contributed by atoms with Crippen LogP contribution < -0.4 is 10.6 Å². The molecule has 0 aliphatic carbocycles. The number of aliphatic imine (C=N–C) groups is 1. The number of halogens is 4. The summed E-state index contributed by atoms with van der Waals surface area (Å²) in [6, 6.07) is 9.94. The SMILES string of the molecule is CC(=O)C(CCCCN(C)C)CNc1nc(-c2ccc(Cl)c(Cl)c2)c(CC(C)C)s1.CC(C)CC(N=C=S)C(=O)c1ccc(Cl)c(Cl)c1.CCOC(=O)CCNCCCCN(C)C. The Kier molecular flexibility index (Phi) is 30.7. The summed E-state index contributed by atoms with van der Waals surface area (Å²) in [6.45, 7) is 16.9. The molecule has 0 spiro atoms. The normalized spacial score (nSPS) is 12.0. The molecule has 0 amide bonds. The van der Waals surface area contributed by atoms with Gasteiger partial charge in [-0.1, -0.05) is 86.6 Å². The molecule has 2 unspecified atom stereocenters. The predicted molar refractivity (Wildman–Crippen MR) is 272 cm³/mol. The first-order chi connectivity index (χ1) is 29.8. The molecule has 3 rings (SSSR count). The van der Waals surface area contributed by atoms with Crippen molar-refractivity contribution in [2.24, 2.45) is 22.7 Å². The Morgan fingerprint density at radius 3 is 2.02 bits per heavy atom. The van der Waals surface area contributed by atoms with Gasteiger partial charge in [-0.3, -0.25) is 14.4 Å². The van der Waals surface area contributed by atoms with Gasteiger partial charge in [0, 0.05) is 35.0 Å². The highest BCUT2D eigenvalue weighted by atomic mass is 35.5. The number of ether oxygens (including phenoxy) is 1. The molecule has 0 fully saturated rings. The van der Waals surface area contributed by atoms with Crippen LogP contribution >= 0.6 is 70.0 Å². The van der Waals surface area contributed by atoms with Gasteiger partial charge >= 0.3 is 5.97 Å². The van der Waals surface area contributed by atoms with Gasteiger partial charge in [-0.2, -0.15) is 0 Å². The first-order valence-electron chi connectivity index (χ1n) is 21.7. The lowest BCUT2D eigenvalue weighted by molar-refractivity contribution is -0.143. The zero-order valence-electron chi connectivity index (χ0n) is 38.9. The van der Waals surface area contributed by atoms with Crippen LogP contribution in [0.1, 0.15) is 102 Å². The molecular weight excluding hydrogens is 919 g/mol. The summed E-state index contributed by atoms with van der Waals surface area (Å²) in [4.78, 5) is 49.7. The highest BCUT2D eigenvalue weighted by Gasteiger charge is 2.21. The first kappa shape index (κ1) is 58.5. The van der Waals surface area contributed by atoms with Gasteiger partial charge in [0.25, 0.3) is 0 Å². The molecule has 63 heavy (non-hydrogen) atoms. The fraction of sp³-hybridized carbons (Fsp3) is 0.596. The van der Waals surface area contributed by atoms with E-state index in [1.165, 1.54) is 11.3 Å². The van der Waals surface area contributed by atoms with E-state index in [9.17, 15) is 14.4 Å². The number of hydrogen-bond acceptors (Lipinski definition) is 12. The maximum absolute atomic E-state index is 12.3. The minimum absolute atomic E-state index is 0.0121. The molecule has 0 saturated carbocycles. The molecule has 1 heterocycles. The van der Waals surface area contributed by atoms with Gasteiger partial charge in [-0.05, 0) is 155 Å². The van der Waals surface area contributed by atoms with E-state index >= 15 is 0 Å². The molecule has 2 aromatic carbocycles. The van der Waals surface area contributed by atoms with Crippen LogP contribution in [0.4, 0.5) is 5.13 Å². The predicted octanol–water partition coefficient (Wildman–Crippen LogP) is 12.2. The third-order valence-electron chi connectivity index (χ3n) is 9.40. The summed E-state index contributed by atoms with van der Waals surface area (Å²) in [7, 11) is 8.31. The van der Waals surface area contributed by atoms with Gasteiger partial charge in [-0.15, -0.1) is 11.3 Å². The number of ketones is 2. The molecule has 0 radical (unpaired) electrons. The van der Waals surface area contributed by atoms with Gasteiger partial charge in [0.1, 0.15) is 11.8 Å². The fourth-order valence-corrected chi connectivity index (χ4v) is 8.01. The van der Waals surface area contributed by atoms with E-state index in [4.69, 9.17) is 56.1 Å². The van der Waals surface area contributed by atoms with Crippen molar-refractivity contribution in [1.29, 1.82) is 0 Å². The molecule has 10 nitrogen and oxygen atoms in total. The summed E-state index contributed by atoms with van der Waals surface area (Å²) >= 11 is 30.3. The minimum Gasteiger partial charge on any atom is -0.466 e. The van der Waals surface area contributed by atoms with E-state index < -0.39 is 6.04 Å². The van der Waals surface area contributed by atoms with Crippen molar-refractivity contribution in [3.8, 4) is 11.3 Å². The topological polar surface area (TPSA) is 116 Å². The number of esters is 1. The number of thiazole rings is 1. The van der Waals surface area contributed by atoms with Crippen molar-refractivity contribution in [1.82, 2.24) is 20.1 Å². The molecule has 3 aromatic rings. The zero-order chi connectivity index (χ0) is 47.5. The number of thiocarbonyl (C=S) groups is 1. The Morgan fingerprint density at radius 2 is 1.48 bits per heavy atom. The number of isothiocyanates is 1. The third-order valence-corrected chi connectivity index (χ3v) is 12.0. The quantitative estimate of drug-likeness (QED) is 0.0265. The number of unbranched alkanes of at least 4 members (excludes halogenated alkanes) is 2. The molecule has 16 heteroatoms. The second-order valence-electron chi connectivity index (χ2n) is 16.7. The fourth-order valence-electron chi connectivity index (χ4n) is 6.08. The average molecular weight is 989 g/mol. The number of nitrogens with zero attached hydrogens (tertiary/aromatic N) is 4. The van der Waals surface area contributed by atoms with Crippen molar-refractivity contribution in [3.05, 3.63) is 66.9 Å². The van der Waals surface area contributed by atoms with Crippen LogP contribution in [0.3, 0.4) is 0 Å². The van der Waals surface area contributed by atoms with E-state index in [1.807, 2.05) is 39.0 Å². The zero-order valence-corrected chi connectivity index (χ0v) is 43.6. The van der Waals surface area contributed by atoms with Gasteiger partial charge in [0.15, 0.2) is 10.9 Å². The summed E-state index contributed by atoms with van der Waals surface area (Å²) < 4.78 is 4.82. The monoisotopic (exact) mass is 986 g/mol. The molecule has 0 bridgehead atoms. The highest BCUT2D eigenvalue weighted by Crippen LogP contribution is 2.36. The highest BCUT2D eigenvalue weighted by molar-refractivity contribution is 7.78.